The Morgan fingerprint density at radius 3 is 2.49 bits per heavy atom. The molecule has 35 heavy (non-hydrogen) atoms. The minimum absolute atomic E-state index is 0.0327. The lowest BCUT2D eigenvalue weighted by molar-refractivity contribution is -0.137. The van der Waals surface area contributed by atoms with Crippen molar-refractivity contribution in [1.82, 2.24) is 9.78 Å². The number of rotatable bonds is 8. The van der Waals surface area contributed by atoms with Gasteiger partial charge < -0.3 is 9.84 Å². The molecular formula is C29H29ClN2O3. The number of aromatic nitrogens is 2. The molecule has 0 aliphatic heterocycles. The summed E-state index contributed by atoms with van der Waals surface area (Å²) in [5, 5.41) is 15.9. The van der Waals surface area contributed by atoms with E-state index < -0.39 is 5.97 Å². The molecule has 1 fully saturated rings. The van der Waals surface area contributed by atoms with E-state index in [1.165, 1.54) is 12.8 Å². The van der Waals surface area contributed by atoms with E-state index in [0.29, 0.717) is 12.6 Å². The number of carbonyl (C=O) groups is 1. The number of hydrogen-bond donors (Lipinski definition) is 1. The third-order valence-electron chi connectivity index (χ3n) is 6.90. The van der Waals surface area contributed by atoms with Gasteiger partial charge in [-0.3, -0.25) is 9.48 Å². The molecule has 1 saturated carbocycles. The van der Waals surface area contributed by atoms with Gasteiger partial charge in [-0.15, -0.1) is 0 Å². The van der Waals surface area contributed by atoms with E-state index in [-0.39, 0.29) is 12.3 Å². The van der Waals surface area contributed by atoms with Crippen molar-refractivity contribution in [3.8, 4) is 17.0 Å². The van der Waals surface area contributed by atoms with Gasteiger partial charge in [-0.1, -0.05) is 67.8 Å². The lowest BCUT2D eigenvalue weighted by Crippen LogP contribution is -2.06. The fourth-order valence-electron chi connectivity index (χ4n) is 4.96. The molecule has 1 aliphatic rings. The predicted molar refractivity (Wildman–Crippen MR) is 139 cm³/mol. The van der Waals surface area contributed by atoms with E-state index in [0.717, 1.165) is 56.9 Å². The van der Waals surface area contributed by atoms with Crippen LogP contribution in [-0.4, -0.2) is 20.9 Å². The molecule has 1 N–H and O–H groups in total. The van der Waals surface area contributed by atoms with Gasteiger partial charge in [0, 0.05) is 16.0 Å². The zero-order chi connectivity index (χ0) is 24.4. The Balaban J connectivity index is 1.39. The standard InChI is InChI=1S/C29H29ClN2O3/c1-19(16-28(33)34)21-9-13-25(14-10-21)35-18-20-6-15-26-27(17-20)32(24-4-2-3-5-24)31-29(26)22-7-11-23(30)12-8-22/h6-15,17,19,24H,2-5,16,18H2,1H3,(H,33,34). The normalized spacial score (nSPS) is 14.9. The van der Waals surface area contributed by atoms with Crippen LogP contribution in [-0.2, 0) is 11.4 Å². The first-order valence-corrected chi connectivity index (χ1v) is 12.6. The lowest BCUT2D eigenvalue weighted by atomic mass is 9.98. The van der Waals surface area contributed by atoms with E-state index in [4.69, 9.17) is 26.5 Å². The molecule has 0 spiro atoms. The van der Waals surface area contributed by atoms with Gasteiger partial charge >= 0.3 is 5.97 Å². The van der Waals surface area contributed by atoms with Gasteiger partial charge in [-0.05, 0) is 60.2 Å². The number of carboxylic acid groups (broad SMARTS) is 1. The third kappa shape index (κ3) is 5.20. The molecular weight excluding hydrogens is 460 g/mol. The molecule has 3 aromatic carbocycles. The van der Waals surface area contributed by atoms with Crippen LogP contribution in [0.15, 0.2) is 66.7 Å². The van der Waals surface area contributed by atoms with Gasteiger partial charge in [0.1, 0.15) is 18.1 Å². The zero-order valence-corrected chi connectivity index (χ0v) is 20.5. The molecule has 0 bridgehead atoms. The van der Waals surface area contributed by atoms with Gasteiger partial charge in [0.05, 0.1) is 18.0 Å². The largest absolute Gasteiger partial charge is 0.489 e. The van der Waals surface area contributed by atoms with E-state index >= 15 is 0 Å². The lowest BCUT2D eigenvalue weighted by Gasteiger charge is -2.13. The van der Waals surface area contributed by atoms with Gasteiger partial charge in [0.2, 0.25) is 0 Å². The second-order valence-corrected chi connectivity index (χ2v) is 9.88. The molecule has 0 saturated heterocycles. The fraction of sp³-hybridized carbons (Fsp3) is 0.310. The minimum Gasteiger partial charge on any atom is -0.489 e. The Morgan fingerprint density at radius 2 is 1.80 bits per heavy atom. The van der Waals surface area contributed by atoms with Crippen LogP contribution < -0.4 is 4.74 Å². The minimum atomic E-state index is -0.788. The monoisotopic (exact) mass is 488 g/mol. The Hall–Kier alpha value is -3.31. The summed E-state index contributed by atoms with van der Waals surface area (Å²) in [7, 11) is 0. The molecule has 5 nitrogen and oxygen atoms in total. The number of halogens is 1. The average Bonchev–Trinajstić information content (AvgIpc) is 3.51. The van der Waals surface area contributed by atoms with Gasteiger partial charge in [0.15, 0.2) is 0 Å². The number of nitrogens with zero attached hydrogens (tertiary/aromatic N) is 2. The molecule has 0 amide bonds. The van der Waals surface area contributed by atoms with E-state index in [9.17, 15) is 4.79 Å². The van der Waals surface area contributed by atoms with Crippen LogP contribution in [0.1, 0.15) is 62.1 Å². The Morgan fingerprint density at radius 1 is 1.09 bits per heavy atom. The third-order valence-corrected chi connectivity index (χ3v) is 7.15. The molecule has 0 radical (unpaired) electrons. The van der Waals surface area contributed by atoms with Crippen LogP contribution >= 0.6 is 11.6 Å². The topological polar surface area (TPSA) is 64.3 Å². The first kappa shape index (κ1) is 23.4. The van der Waals surface area contributed by atoms with E-state index in [1.807, 2.05) is 55.5 Å². The van der Waals surface area contributed by atoms with Crippen molar-refractivity contribution in [2.45, 2.75) is 57.6 Å². The van der Waals surface area contributed by atoms with Crippen molar-refractivity contribution in [3.05, 3.63) is 82.9 Å². The van der Waals surface area contributed by atoms with Crippen molar-refractivity contribution in [3.63, 3.8) is 0 Å². The summed E-state index contributed by atoms with van der Waals surface area (Å²) in [6.45, 7) is 2.37. The zero-order valence-electron chi connectivity index (χ0n) is 19.8. The maximum Gasteiger partial charge on any atom is 0.303 e. The number of benzene rings is 3. The Labute approximate surface area is 210 Å². The Bertz CT molecular complexity index is 1320. The molecule has 1 aromatic heterocycles. The molecule has 1 unspecified atom stereocenters. The van der Waals surface area contributed by atoms with Crippen LogP contribution in [0.4, 0.5) is 0 Å². The van der Waals surface area contributed by atoms with Gasteiger partial charge in [0.25, 0.3) is 0 Å². The summed E-state index contributed by atoms with van der Waals surface area (Å²) in [5.41, 5.74) is 5.28. The number of aliphatic carboxylic acids is 1. The van der Waals surface area contributed by atoms with E-state index in [1.54, 1.807) is 0 Å². The molecule has 5 rings (SSSR count). The highest BCUT2D eigenvalue weighted by molar-refractivity contribution is 6.30. The van der Waals surface area contributed by atoms with Crippen molar-refractivity contribution < 1.29 is 14.6 Å². The van der Waals surface area contributed by atoms with E-state index in [2.05, 4.69) is 22.9 Å². The highest BCUT2D eigenvalue weighted by Gasteiger charge is 2.22. The quantitative estimate of drug-likeness (QED) is 0.277. The summed E-state index contributed by atoms with van der Waals surface area (Å²) in [5.74, 6) is -0.0542. The van der Waals surface area contributed by atoms with Crippen LogP contribution in [0, 0.1) is 0 Å². The first-order chi connectivity index (χ1) is 17.0. The summed E-state index contributed by atoms with van der Waals surface area (Å²) < 4.78 is 8.28. The number of hydrogen-bond acceptors (Lipinski definition) is 3. The van der Waals surface area contributed by atoms with Crippen molar-refractivity contribution >= 4 is 28.5 Å². The van der Waals surface area contributed by atoms with Crippen LogP contribution in [0.3, 0.4) is 0 Å². The molecule has 1 atom stereocenters. The van der Waals surface area contributed by atoms with Gasteiger partial charge in [-0.2, -0.15) is 5.10 Å². The molecule has 180 valence electrons. The SMILES string of the molecule is CC(CC(=O)O)c1ccc(OCc2ccc3c(-c4ccc(Cl)cc4)nn(C4CCCC4)c3c2)cc1. The molecule has 6 heteroatoms. The maximum atomic E-state index is 11.0. The second kappa shape index (κ2) is 10.1. The van der Waals surface area contributed by atoms with Crippen LogP contribution in [0.2, 0.25) is 5.02 Å². The highest BCUT2D eigenvalue weighted by atomic mass is 35.5. The first-order valence-electron chi connectivity index (χ1n) is 12.2. The van der Waals surface area contributed by atoms with Crippen LogP contribution in [0.25, 0.3) is 22.2 Å². The predicted octanol–water partition coefficient (Wildman–Crippen LogP) is 7.63. The number of carboxylic acids is 1. The maximum absolute atomic E-state index is 11.0. The highest BCUT2D eigenvalue weighted by Crippen LogP contribution is 2.36. The molecule has 4 aromatic rings. The molecule has 1 aliphatic carbocycles. The fourth-order valence-corrected chi connectivity index (χ4v) is 5.09. The second-order valence-electron chi connectivity index (χ2n) is 9.45. The van der Waals surface area contributed by atoms with Gasteiger partial charge in [-0.25, -0.2) is 0 Å². The summed E-state index contributed by atoms with van der Waals surface area (Å²) in [6.07, 6.45) is 4.92. The number of fused-ring (bicyclic) bond motifs is 1. The number of ether oxygens (including phenoxy) is 1. The van der Waals surface area contributed by atoms with Crippen molar-refractivity contribution in [2.24, 2.45) is 0 Å². The van der Waals surface area contributed by atoms with Crippen molar-refractivity contribution in [1.29, 1.82) is 0 Å². The summed E-state index contributed by atoms with van der Waals surface area (Å²) >= 11 is 6.11. The smallest absolute Gasteiger partial charge is 0.303 e. The van der Waals surface area contributed by atoms with Crippen molar-refractivity contribution in [2.75, 3.05) is 0 Å². The summed E-state index contributed by atoms with van der Waals surface area (Å²) in [6, 6.07) is 22.5. The average molecular weight is 489 g/mol. The Kier molecular flexibility index (Phi) is 6.78. The van der Waals surface area contributed by atoms with Crippen LogP contribution in [0.5, 0.6) is 5.75 Å². The molecule has 1 heterocycles. The summed E-state index contributed by atoms with van der Waals surface area (Å²) in [4.78, 5) is 11.0.